The normalized spacial score (nSPS) is 22.6. The zero-order valence-electron chi connectivity index (χ0n) is 9.22. The third kappa shape index (κ3) is 3.34. The van der Waals surface area contributed by atoms with Gasteiger partial charge in [-0.1, -0.05) is 6.42 Å². The minimum Gasteiger partial charge on any atom is -0.326 e. The number of rotatable bonds is 4. The second-order valence-corrected chi connectivity index (χ2v) is 4.58. The second kappa shape index (κ2) is 4.70. The summed E-state index contributed by atoms with van der Waals surface area (Å²) in [5.41, 5.74) is 5.40. The minimum absolute atomic E-state index is 0.429. The molecule has 90 valence electrons. The number of likely N-dealkylation sites (N-methyl/N-ethyl adjacent to an activating group) is 1. The topological polar surface area (TPSA) is 29.3 Å². The number of hydrogen-bond donors (Lipinski definition) is 1. The summed E-state index contributed by atoms with van der Waals surface area (Å²) >= 11 is 0. The molecule has 0 aliphatic heterocycles. The lowest BCUT2D eigenvalue weighted by Gasteiger charge is -2.37. The zero-order chi connectivity index (χ0) is 11.6. The molecule has 0 aromatic rings. The minimum atomic E-state index is -4.23. The van der Waals surface area contributed by atoms with E-state index in [0.717, 1.165) is 19.3 Å². The van der Waals surface area contributed by atoms with Crippen molar-refractivity contribution in [2.24, 2.45) is 11.7 Å². The molecule has 2 N–H and O–H groups in total. The Morgan fingerprint density at radius 2 is 1.93 bits per heavy atom. The van der Waals surface area contributed by atoms with Crippen LogP contribution in [0.5, 0.6) is 0 Å². The first-order valence-corrected chi connectivity index (χ1v) is 5.35. The Morgan fingerprint density at radius 1 is 1.40 bits per heavy atom. The van der Waals surface area contributed by atoms with E-state index in [9.17, 15) is 13.2 Å². The van der Waals surface area contributed by atoms with Crippen LogP contribution >= 0.6 is 0 Å². The Kier molecular flexibility index (Phi) is 4.00. The predicted octanol–water partition coefficient (Wildman–Crippen LogP) is 2.00. The number of nitrogens with zero attached hydrogens (tertiary/aromatic N) is 1. The van der Waals surface area contributed by atoms with Gasteiger partial charge in [0.2, 0.25) is 0 Å². The van der Waals surface area contributed by atoms with Crippen molar-refractivity contribution in [3.05, 3.63) is 0 Å². The van der Waals surface area contributed by atoms with E-state index in [-0.39, 0.29) is 0 Å². The predicted molar refractivity (Wildman–Crippen MR) is 53.5 cm³/mol. The summed E-state index contributed by atoms with van der Waals surface area (Å²) < 4.78 is 38.0. The average Bonchev–Trinajstić information content (AvgIpc) is 1.92. The SMILES string of the molecule is CC(N)C(N(C)CC1CCC1)C(F)(F)F. The first-order valence-electron chi connectivity index (χ1n) is 5.35. The van der Waals surface area contributed by atoms with Gasteiger partial charge in [-0.05, 0) is 32.7 Å². The number of halogens is 3. The summed E-state index contributed by atoms with van der Waals surface area (Å²) in [6.07, 6.45) is -0.984. The van der Waals surface area contributed by atoms with Crippen LogP contribution in [0.2, 0.25) is 0 Å². The van der Waals surface area contributed by atoms with Crippen molar-refractivity contribution in [2.45, 2.75) is 44.4 Å². The maximum absolute atomic E-state index is 12.7. The van der Waals surface area contributed by atoms with Gasteiger partial charge in [0.1, 0.15) is 6.04 Å². The first kappa shape index (κ1) is 12.8. The molecule has 0 spiro atoms. The molecule has 0 bridgehead atoms. The van der Waals surface area contributed by atoms with Gasteiger partial charge in [-0.3, -0.25) is 4.90 Å². The molecule has 0 saturated heterocycles. The highest BCUT2D eigenvalue weighted by molar-refractivity contribution is 4.86. The van der Waals surface area contributed by atoms with E-state index in [1.165, 1.54) is 18.9 Å². The maximum atomic E-state index is 12.7. The van der Waals surface area contributed by atoms with E-state index in [2.05, 4.69) is 0 Å². The van der Waals surface area contributed by atoms with Gasteiger partial charge in [-0.2, -0.15) is 13.2 Å². The fraction of sp³-hybridized carbons (Fsp3) is 1.00. The third-order valence-corrected chi connectivity index (χ3v) is 3.08. The summed E-state index contributed by atoms with van der Waals surface area (Å²) in [6.45, 7) is 1.92. The molecule has 0 amide bonds. The highest BCUT2D eigenvalue weighted by Crippen LogP contribution is 2.31. The number of hydrogen-bond acceptors (Lipinski definition) is 2. The van der Waals surface area contributed by atoms with Crippen LogP contribution in [0.1, 0.15) is 26.2 Å². The van der Waals surface area contributed by atoms with E-state index in [0.29, 0.717) is 12.5 Å². The Balaban J connectivity index is 2.54. The van der Waals surface area contributed by atoms with Crippen LogP contribution < -0.4 is 5.73 Å². The Hall–Kier alpha value is -0.290. The summed E-state index contributed by atoms with van der Waals surface area (Å²) in [4.78, 5) is 1.36. The molecule has 2 unspecified atom stereocenters. The van der Waals surface area contributed by atoms with Gasteiger partial charge in [0.05, 0.1) is 0 Å². The van der Waals surface area contributed by atoms with E-state index >= 15 is 0 Å². The van der Waals surface area contributed by atoms with Crippen LogP contribution in [0.15, 0.2) is 0 Å². The Labute approximate surface area is 88.6 Å². The van der Waals surface area contributed by atoms with Gasteiger partial charge in [-0.25, -0.2) is 0 Å². The molecular formula is C10H19F3N2. The van der Waals surface area contributed by atoms with Gasteiger partial charge in [0.25, 0.3) is 0 Å². The number of alkyl halides is 3. The van der Waals surface area contributed by atoms with Gasteiger partial charge in [0, 0.05) is 12.6 Å². The molecule has 15 heavy (non-hydrogen) atoms. The number of nitrogens with two attached hydrogens (primary N) is 1. The van der Waals surface area contributed by atoms with E-state index in [1.807, 2.05) is 0 Å². The average molecular weight is 224 g/mol. The molecule has 5 heteroatoms. The maximum Gasteiger partial charge on any atom is 0.405 e. The van der Waals surface area contributed by atoms with Gasteiger partial charge < -0.3 is 5.73 Å². The van der Waals surface area contributed by atoms with Crippen LogP contribution in [0, 0.1) is 5.92 Å². The van der Waals surface area contributed by atoms with Crippen LogP contribution in [-0.4, -0.2) is 36.8 Å². The molecule has 2 nitrogen and oxygen atoms in total. The molecular weight excluding hydrogens is 205 g/mol. The Bertz CT molecular complexity index is 199. The third-order valence-electron chi connectivity index (χ3n) is 3.08. The fourth-order valence-corrected chi connectivity index (χ4v) is 2.15. The molecule has 1 aliphatic carbocycles. The lowest BCUT2D eigenvalue weighted by atomic mass is 9.85. The highest BCUT2D eigenvalue weighted by atomic mass is 19.4. The molecule has 2 atom stereocenters. The lowest BCUT2D eigenvalue weighted by Crippen LogP contribution is -2.54. The highest BCUT2D eigenvalue weighted by Gasteiger charge is 2.45. The van der Waals surface area contributed by atoms with Gasteiger partial charge in [-0.15, -0.1) is 0 Å². The fourth-order valence-electron chi connectivity index (χ4n) is 2.15. The van der Waals surface area contributed by atoms with Gasteiger partial charge >= 0.3 is 6.18 Å². The van der Waals surface area contributed by atoms with Crippen molar-refractivity contribution < 1.29 is 13.2 Å². The van der Waals surface area contributed by atoms with Gasteiger partial charge in [0.15, 0.2) is 0 Å². The summed E-state index contributed by atoms with van der Waals surface area (Å²) in [7, 11) is 1.51. The van der Waals surface area contributed by atoms with Crippen molar-refractivity contribution in [1.82, 2.24) is 4.90 Å². The molecule has 0 heterocycles. The first-order chi connectivity index (χ1) is 6.82. The zero-order valence-corrected chi connectivity index (χ0v) is 9.22. The van der Waals surface area contributed by atoms with Crippen LogP contribution in [0.3, 0.4) is 0 Å². The van der Waals surface area contributed by atoms with Crippen molar-refractivity contribution >= 4 is 0 Å². The monoisotopic (exact) mass is 224 g/mol. The quantitative estimate of drug-likeness (QED) is 0.791. The van der Waals surface area contributed by atoms with Crippen molar-refractivity contribution in [1.29, 1.82) is 0 Å². The van der Waals surface area contributed by atoms with E-state index in [4.69, 9.17) is 5.73 Å². The largest absolute Gasteiger partial charge is 0.405 e. The lowest BCUT2D eigenvalue weighted by molar-refractivity contribution is -0.186. The molecule has 1 fully saturated rings. The Morgan fingerprint density at radius 3 is 2.20 bits per heavy atom. The van der Waals surface area contributed by atoms with Crippen LogP contribution in [0.4, 0.5) is 13.2 Å². The van der Waals surface area contributed by atoms with Crippen molar-refractivity contribution in [2.75, 3.05) is 13.6 Å². The summed E-state index contributed by atoms with van der Waals surface area (Å²) in [5, 5.41) is 0. The molecule has 1 saturated carbocycles. The van der Waals surface area contributed by atoms with E-state index < -0.39 is 18.3 Å². The van der Waals surface area contributed by atoms with Crippen LogP contribution in [0.25, 0.3) is 0 Å². The molecule has 1 rings (SSSR count). The molecule has 0 aromatic heterocycles. The van der Waals surface area contributed by atoms with Crippen molar-refractivity contribution in [3.63, 3.8) is 0 Å². The van der Waals surface area contributed by atoms with E-state index in [1.54, 1.807) is 0 Å². The van der Waals surface area contributed by atoms with Crippen LogP contribution in [-0.2, 0) is 0 Å². The second-order valence-electron chi connectivity index (χ2n) is 4.58. The van der Waals surface area contributed by atoms with Crippen molar-refractivity contribution in [3.8, 4) is 0 Å². The molecule has 1 aliphatic rings. The molecule has 0 aromatic carbocycles. The molecule has 0 radical (unpaired) electrons. The summed E-state index contributed by atoms with van der Waals surface area (Å²) in [6, 6.07) is -2.40. The summed E-state index contributed by atoms with van der Waals surface area (Å²) in [5.74, 6) is 0.429. The standard InChI is InChI=1S/C10H19F3N2/c1-7(14)9(10(11,12)13)15(2)6-8-4-3-5-8/h7-9H,3-6,14H2,1-2H3. The smallest absolute Gasteiger partial charge is 0.326 e.